The summed E-state index contributed by atoms with van der Waals surface area (Å²) in [5.74, 6) is 7.26. The Bertz CT molecular complexity index is 353. The quantitative estimate of drug-likeness (QED) is 0.598. The molecule has 5 heteroatoms. The van der Waals surface area contributed by atoms with Crippen molar-refractivity contribution in [2.75, 3.05) is 0 Å². The number of hydrazine groups is 1. The van der Waals surface area contributed by atoms with Crippen molar-refractivity contribution < 1.29 is 0 Å². The van der Waals surface area contributed by atoms with Crippen LogP contribution in [-0.2, 0) is 13.0 Å². The van der Waals surface area contributed by atoms with Crippen LogP contribution in [0.15, 0.2) is 6.33 Å². The van der Waals surface area contributed by atoms with E-state index in [9.17, 15) is 0 Å². The summed E-state index contributed by atoms with van der Waals surface area (Å²) in [5, 5.41) is 4.19. The highest BCUT2D eigenvalue weighted by Crippen LogP contribution is 2.29. The fourth-order valence-corrected chi connectivity index (χ4v) is 1.92. The minimum atomic E-state index is 0.244. The van der Waals surface area contributed by atoms with Crippen LogP contribution >= 0.6 is 0 Å². The predicted octanol–water partition coefficient (Wildman–Crippen LogP) is 1.74. The van der Waals surface area contributed by atoms with Gasteiger partial charge in [-0.15, -0.1) is 0 Å². The molecule has 0 aliphatic heterocycles. The molecule has 0 fully saturated rings. The number of nitrogens with one attached hydrogen (secondary N) is 1. The molecule has 1 heterocycles. The summed E-state index contributed by atoms with van der Waals surface area (Å²) < 4.78 is 1.92. The lowest BCUT2D eigenvalue weighted by atomic mass is 9.78. The minimum Gasteiger partial charge on any atom is -0.271 e. The number of aromatic nitrogens is 3. The standard InChI is InChI=1S/C13H27N5/c1-6-18-12(15-9-16-18)8-11(17-14)7-10(2)13(3,4)5/h9-11,17H,6-8,14H2,1-5H3. The normalized spacial score (nSPS) is 15.7. The molecule has 0 radical (unpaired) electrons. The number of aryl methyl sites for hydroxylation is 1. The summed E-state index contributed by atoms with van der Waals surface area (Å²) in [6.07, 6.45) is 3.47. The summed E-state index contributed by atoms with van der Waals surface area (Å²) >= 11 is 0. The van der Waals surface area contributed by atoms with E-state index in [1.807, 2.05) is 4.68 Å². The van der Waals surface area contributed by atoms with Crippen molar-refractivity contribution in [3.63, 3.8) is 0 Å². The third kappa shape index (κ3) is 4.07. The molecular formula is C13H27N5. The summed E-state index contributed by atoms with van der Waals surface area (Å²) in [5.41, 5.74) is 3.21. The highest BCUT2D eigenvalue weighted by atomic mass is 15.3. The molecular weight excluding hydrogens is 226 g/mol. The Morgan fingerprint density at radius 2 is 2.11 bits per heavy atom. The molecule has 0 saturated heterocycles. The molecule has 2 unspecified atom stereocenters. The van der Waals surface area contributed by atoms with Crippen LogP contribution < -0.4 is 11.3 Å². The Morgan fingerprint density at radius 1 is 1.44 bits per heavy atom. The highest BCUT2D eigenvalue weighted by Gasteiger charge is 2.24. The molecule has 104 valence electrons. The highest BCUT2D eigenvalue weighted by molar-refractivity contribution is 4.90. The fraction of sp³-hybridized carbons (Fsp3) is 0.846. The van der Waals surface area contributed by atoms with Crippen molar-refractivity contribution in [3.05, 3.63) is 12.2 Å². The molecule has 0 bridgehead atoms. The zero-order valence-corrected chi connectivity index (χ0v) is 12.3. The molecule has 0 spiro atoms. The van der Waals surface area contributed by atoms with Crippen molar-refractivity contribution >= 4 is 0 Å². The van der Waals surface area contributed by atoms with Crippen LogP contribution in [0.2, 0.25) is 0 Å². The van der Waals surface area contributed by atoms with Gasteiger partial charge in [-0.3, -0.25) is 16.0 Å². The summed E-state index contributed by atoms with van der Waals surface area (Å²) in [6, 6.07) is 0.244. The monoisotopic (exact) mass is 253 g/mol. The van der Waals surface area contributed by atoms with Crippen LogP contribution in [0.5, 0.6) is 0 Å². The van der Waals surface area contributed by atoms with Crippen molar-refractivity contribution in [3.8, 4) is 0 Å². The molecule has 3 N–H and O–H groups in total. The number of hydrogen-bond acceptors (Lipinski definition) is 4. The largest absolute Gasteiger partial charge is 0.271 e. The Hall–Kier alpha value is -0.940. The second-order valence-electron chi connectivity index (χ2n) is 6.06. The molecule has 2 atom stereocenters. The van der Waals surface area contributed by atoms with E-state index in [-0.39, 0.29) is 6.04 Å². The van der Waals surface area contributed by atoms with Gasteiger partial charge in [0.25, 0.3) is 0 Å². The SMILES string of the molecule is CCn1ncnc1CC(CC(C)C(C)(C)C)NN. The zero-order chi connectivity index (χ0) is 13.8. The molecule has 0 aliphatic carbocycles. The lowest BCUT2D eigenvalue weighted by molar-refractivity contribution is 0.221. The van der Waals surface area contributed by atoms with Gasteiger partial charge in [-0.25, -0.2) is 4.98 Å². The van der Waals surface area contributed by atoms with Crippen LogP contribution in [0.25, 0.3) is 0 Å². The van der Waals surface area contributed by atoms with Crippen LogP contribution in [0.3, 0.4) is 0 Å². The van der Waals surface area contributed by atoms with Gasteiger partial charge in [0, 0.05) is 19.0 Å². The maximum absolute atomic E-state index is 5.67. The molecule has 18 heavy (non-hydrogen) atoms. The first-order chi connectivity index (χ1) is 8.38. The molecule has 1 rings (SSSR count). The third-order valence-corrected chi connectivity index (χ3v) is 3.78. The Labute approximate surface area is 110 Å². The van der Waals surface area contributed by atoms with Crippen LogP contribution in [-0.4, -0.2) is 20.8 Å². The third-order valence-electron chi connectivity index (χ3n) is 3.78. The number of hydrogen-bond donors (Lipinski definition) is 2. The fourth-order valence-electron chi connectivity index (χ4n) is 1.92. The Kier molecular flexibility index (Phi) is 5.28. The van der Waals surface area contributed by atoms with Crippen LogP contribution in [0.4, 0.5) is 0 Å². The van der Waals surface area contributed by atoms with E-state index in [4.69, 9.17) is 5.84 Å². The second-order valence-corrected chi connectivity index (χ2v) is 6.06. The van der Waals surface area contributed by atoms with E-state index in [0.717, 1.165) is 25.2 Å². The van der Waals surface area contributed by atoms with Gasteiger partial charge < -0.3 is 0 Å². The van der Waals surface area contributed by atoms with Crippen molar-refractivity contribution in [2.45, 2.75) is 60.0 Å². The maximum atomic E-state index is 5.67. The van der Waals surface area contributed by atoms with Gasteiger partial charge in [-0.05, 0) is 24.7 Å². The van der Waals surface area contributed by atoms with Crippen molar-refractivity contribution in [2.24, 2.45) is 17.2 Å². The zero-order valence-electron chi connectivity index (χ0n) is 12.3. The van der Waals surface area contributed by atoms with Gasteiger partial charge in [0.15, 0.2) is 0 Å². The maximum Gasteiger partial charge on any atom is 0.138 e. The molecule has 5 nitrogen and oxygen atoms in total. The first-order valence-electron chi connectivity index (χ1n) is 6.71. The lowest BCUT2D eigenvalue weighted by Gasteiger charge is -2.30. The van der Waals surface area contributed by atoms with Crippen LogP contribution in [0, 0.1) is 11.3 Å². The predicted molar refractivity (Wildman–Crippen MR) is 73.7 cm³/mol. The molecule has 0 aliphatic rings. The van der Waals surface area contributed by atoms with Crippen molar-refractivity contribution in [1.82, 2.24) is 20.2 Å². The molecule has 0 amide bonds. The molecule has 1 aromatic heterocycles. The Morgan fingerprint density at radius 3 is 2.61 bits per heavy atom. The smallest absolute Gasteiger partial charge is 0.138 e. The average Bonchev–Trinajstić information content (AvgIpc) is 2.73. The molecule has 0 saturated carbocycles. The van der Waals surface area contributed by atoms with E-state index < -0.39 is 0 Å². The summed E-state index contributed by atoms with van der Waals surface area (Å²) in [6.45, 7) is 12.0. The van der Waals surface area contributed by atoms with E-state index in [2.05, 4.69) is 50.1 Å². The first-order valence-corrected chi connectivity index (χ1v) is 6.71. The molecule has 1 aromatic rings. The molecule has 0 aromatic carbocycles. The van der Waals surface area contributed by atoms with Gasteiger partial charge >= 0.3 is 0 Å². The topological polar surface area (TPSA) is 68.8 Å². The van der Waals surface area contributed by atoms with E-state index in [1.165, 1.54) is 0 Å². The lowest BCUT2D eigenvalue weighted by Crippen LogP contribution is -2.40. The van der Waals surface area contributed by atoms with Crippen molar-refractivity contribution in [1.29, 1.82) is 0 Å². The first kappa shape index (κ1) is 15.1. The van der Waals surface area contributed by atoms with E-state index in [0.29, 0.717) is 11.3 Å². The number of nitrogens with zero attached hydrogens (tertiary/aromatic N) is 3. The average molecular weight is 253 g/mol. The summed E-state index contributed by atoms with van der Waals surface area (Å²) in [7, 11) is 0. The van der Waals surface area contributed by atoms with Gasteiger partial charge in [-0.2, -0.15) is 5.10 Å². The van der Waals surface area contributed by atoms with Gasteiger partial charge in [-0.1, -0.05) is 27.7 Å². The number of nitrogens with two attached hydrogens (primary N) is 1. The Balaban J connectivity index is 2.63. The van der Waals surface area contributed by atoms with Crippen LogP contribution in [0.1, 0.15) is 46.9 Å². The number of rotatable bonds is 6. The van der Waals surface area contributed by atoms with E-state index in [1.54, 1.807) is 6.33 Å². The van der Waals surface area contributed by atoms with Gasteiger partial charge in [0.2, 0.25) is 0 Å². The second kappa shape index (κ2) is 6.29. The van der Waals surface area contributed by atoms with Gasteiger partial charge in [0.1, 0.15) is 12.2 Å². The van der Waals surface area contributed by atoms with Gasteiger partial charge in [0.05, 0.1) is 0 Å². The minimum absolute atomic E-state index is 0.244. The van der Waals surface area contributed by atoms with E-state index >= 15 is 0 Å². The summed E-state index contributed by atoms with van der Waals surface area (Å²) in [4.78, 5) is 4.30.